The zero-order valence-electron chi connectivity index (χ0n) is 17.0. The van der Waals surface area contributed by atoms with Crippen LogP contribution in [0.25, 0.3) is 0 Å². The van der Waals surface area contributed by atoms with Crippen molar-refractivity contribution in [2.24, 2.45) is 0 Å². The smallest absolute Gasteiger partial charge is 0.304 e. The highest BCUT2D eigenvalue weighted by Crippen LogP contribution is 2.25. The topological polar surface area (TPSA) is 94.8 Å². The van der Waals surface area contributed by atoms with Gasteiger partial charge in [0.1, 0.15) is 0 Å². The predicted molar refractivity (Wildman–Crippen MR) is 112 cm³/mol. The summed E-state index contributed by atoms with van der Waals surface area (Å²) in [5.74, 6) is -1.09. The third kappa shape index (κ3) is 18.4. The summed E-state index contributed by atoms with van der Waals surface area (Å²) in [6.45, 7) is 2.23. The van der Waals surface area contributed by atoms with Gasteiger partial charge in [0, 0.05) is 17.4 Å². The van der Waals surface area contributed by atoms with E-state index in [-0.39, 0.29) is 18.1 Å². The highest BCUT2D eigenvalue weighted by atomic mass is 32.2. The molecular weight excluding hydrogens is 364 g/mol. The first-order valence-corrected chi connectivity index (χ1v) is 11.8. The summed E-state index contributed by atoms with van der Waals surface area (Å²) in [6.07, 6.45) is 13.9. The molecule has 0 rings (SSSR count). The van der Waals surface area contributed by atoms with E-state index >= 15 is 0 Å². The van der Waals surface area contributed by atoms with E-state index in [1.807, 2.05) is 0 Å². The number of aliphatic hydroxyl groups is 1. The lowest BCUT2D eigenvalue weighted by Crippen LogP contribution is -2.24. The molecule has 27 heavy (non-hydrogen) atoms. The molecule has 5 nitrogen and oxygen atoms in total. The molecule has 0 aromatic carbocycles. The number of carbonyl (C=O) groups is 2. The van der Waals surface area contributed by atoms with Crippen molar-refractivity contribution >= 4 is 23.7 Å². The average Bonchev–Trinajstić information content (AvgIpc) is 2.61. The Balaban J connectivity index is 4.00. The molecule has 6 heteroatoms. The number of aliphatic carboxylic acids is 2. The van der Waals surface area contributed by atoms with E-state index in [4.69, 9.17) is 10.2 Å². The third-order valence-corrected chi connectivity index (χ3v) is 6.23. The monoisotopic (exact) mass is 404 g/mol. The summed E-state index contributed by atoms with van der Waals surface area (Å²) in [5, 5.41) is 28.0. The van der Waals surface area contributed by atoms with Crippen LogP contribution in [0.5, 0.6) is 0 Å². The number of carboxylic acid groups (broad SMARTS) is 2. The Kier molecular flexibility index (Phi) is 18.1. The number of aliphatic hydroxyl groups excluding tert-OH is 1. The molecule has 0 unspecified atom stereocenters. The second-order valence-corrected chi connectivity index (χ2v) is 8.72. The first-order valence-electron chi connectivity index (χ1n) is 10.7. The lowest BCUT2D eigenvalue weighted by atomic mass is 10.0. The van der Waals surface area contributed by atoms with Crippen molar-refractivity contribution in [2.75, 3.05) is 5.75 Å². The molecule has 0 aliphatic rings. The average molecular weight is 405 g/mol. The van der Waals surface area contributed by atoms with Gasteiger partial charge in [-0.1, -0.05) is 71.1 Å². The molecule has 0 fully saturated rings. The van der Waals surface area contributed by atoms with E-state index in [9.17, 15) is 14.7 Å². The summed E-state index contributed by atoms with van der Waals surface area (Å²) in [5.41, 5.74) is 0. The Morgan fingerprint density at radius 3 is 1.81 bits per heavy atom. The van der Waals surface area contributed by atoms with Crippen molar-refractivity contribution < 1.29 is 24.9 Å². The molecule has 0 saturated heterocycles. The van der Waals surface area contributed by atoms with Crippen LogP contribution in [0.3, 0.4) is 0 Å². The zero-order valence-corrected chi connectivity index (χ0v) is 17.9. The number of thioether (sulfide) groups is 1. The van der Waals surface area contributed by atoms with Crippen LogP contribution < -0.4 is 0 Å². The van der Waals surface area contributed by atoms with E-state index in [0.717, 1.165) is 19.3 Å². The second-order valence-electron chi connectivity index (χ2n) is 7.38. The Hall–Kier alpha value is -0.750. The molecule has 0 bridgehead atoms. The SMILES string of the molecule is CCCCCCCCCCC[C@H](SCCC(=O)O)[C@@H](O)CCCCC(=O)O. The molecule has 0 amide bonds. The van der Waals surface area contributed by atoms with E-state index < -0.39 is 18.0 Å². The van der Waals surface area contributed by atoms with Crippen LogP contribution >= 0.6 is 11.8 Å². The molecule has 0 aliphatic heterocycles. The number of hydrogen-bond acceptors (Lipinski definition) is 4. The Morgan fingerprint density at radius 2 is 1.26 bits per heavy atom. The van der Waals surface area contributed by atoms with Gasteiger partial charge in [-0.15, -0.1) is 0 Å². The van der Waals surface area contributed by atoms with Gasteiger partial charge in [0.15, 0.2) is 0 Å². The fraction of sp³-hybridized carbons (Fsp3) is 0.905. The van der Waals surface area contributed by atoms with Crippen molar-refractivity contribution in [3.05, 3.63) is 0 Å². The highest BCUT2D eigenvalue weighted by Gasteiger charge is 2.19. The maximum atomic E-state index is 10.7. The Labute approximate surface area is 169 Å². The summed E-state index contributed by atoms with van der Waals surface area (Å²) in [4.78, 5) is 21.3. The summed E-state index contributed by atoms with van der Waals surface area (Å²) in [7, 11) is 0. The van der Waals surface area contributed by atoms with Crippen molar-refractivity contribution in [3.8, 4) is 0 Å². The Bertz CT molecular complexity index is 376. The van der Waals surface area contributed by atoms with Gasteiger partial charge in [-0.25, -0.2) is 0 Å². The van der Waals surface area contributed by atoms with Gasteiger partial charge in [0.05, 0.1) is 12.5 Å². The van der Waals surface area contributed by atoms with Gasteiger partial charge in [-0.3, -0.25) is 9.59 Å². The third-order valence-electron chi connectivity index (χ3n) is 4.81. The van der Waals surface area contributed by atoms with E-state index in [1.165, 1.54) is 44.9 Å². The number of hydrogen-bond donors (Lipinski definition) is 3. The molecule has 0 aromatic heterocycles. The molecule has 0 aromatic rings. The molecule has 160 valence electrons. The van der Waals surface area contributed by atoms with Crippen LogP contribution in [0.1, 0.15) is 103 Å². The Morgan fingerprint density at radius 1 is 0.741 bits per heavy atom. The molecule has 0 aliphatic carbocycles. The number of unbranched alkanes of at least 4 members (excludes halogenated alkanes) is 9. The minimum Gasteiger partial charge on any atom is -0.481 e. The van der Waals surface area contributed by atoms with Crippen LogP contribution in [0.15, 0.2) is 0 Å². The van der Waals surface area contributed by atoms with Crippen LogP contribution in [-0.2, 0) is 9.59 Å². The van der Waals surface area contributed by atoms with Crippen molar-refractivity contribution in [1.29, 1.82) is 0 Å². The van der Waals surface area contributed by atoms with Gasteiger partial charge in [0.25, 0.3) is 0 Å². The lowest BCUT2D eigenvalue weighted by molar-refractivity contribution is -0.137. The predicted octanol–water partition coefficient (Wildman–Crippen LogP) is 5.49. The summed E-state index contributed by atoms with van der Waals surface area (Å²) >= 11 is 1.55. The van der Waals surface area contributed by atoms with Crippen LogP contribution in [-0.4, -0.2) is 44.4 Å². The van der Waals surface area contributed by atoms with Gasteiger partial charge < -0.3 is 15.3 Å². The molecule has 3 N–H and O–H groups in total. The van der Waals surface area contributed by atoms with Crippen molar-refractivity contribution in [2.45, 2.75) is 115 Å². The van der Waals surface area contributed by atoms with Crippen LogP contribution in [0.4, 0.5) is 0 Å². The van der Waals surface area contributed by atoms with E-state index in [0.29, 0.717) is 25.0 Å². The summed E-state index contributed by atoms with van der Waals surface area (Å²) < 4.78 is 0. The largest absolute Gasteiger partial charge is 0.481 e. The van der Waals surface area contributed by atoms with Crippen molar-refractivity contribution in [3.63, 3.8) is 0 Å². The summed E-state index contributed by atoms with van der Waals surface area (Å²) in [6, 6.07) is 0. The van der Waals surface area contributed by atoms with Crippen LogP contribution in [0.2, 0.25) is 0 Å². The molecular formula is C21H40O5S. The number of carboxylic acids is 2. The van der Waals surface area contributed by atoms with Gasteiger partial charge >= 0.3 is 11.9 Å². The van der Waals surface area contributed by atoms with E-state index in [1.54, 1.807) is 11.8 Å². The van der Waals surface area contributed by atoms with Gasteiger partial charge in [0.2, 0.25) is 0 Å². The molecule has 0 radical (unpaired) electrons. The fourth-order valence-corrected chi connectivity index (χ4v) is 4.44. The second kappa shape index (κ2) is 18.6. The normalized spacial score (nSPS) is 13.4. The molecule has 2 atom stereocenters. The van der Waals surface area contributed by atoms with E-state index in [2.05, 4.69) is 6.92 Å². The molecule has 0 heterocycles. The van der Waals surface area contributed by atoms with Crippen LogP contribution in [0, 0.1) is 0 Å². The molecule has 0 spiro atoms. The minimum atomic E-state index is -0.805. The highest BCUT2D eigenvalue weighted by molar-refractivity contribution is 7.99. The maximum Gasteiger partial charge on any atom is 0.304 e. The standard InChI is InChI=1S/C21H40O5S/c1-2-3-4-5-6-7-8-9-10-14-19(27-17-16-21(25)26)18(22)13-11-12-15-20(23)24/h18-19,22H,2-17H2,1H3,(H,23,24)(H,25,26)/t18-,19-/m0/s1. The first kappa shape index (κ1) is 26.2. The van der Waals surface area contributed by atoms with Crippen molar-refractivity contribution in [1.82, 2.24) is 0 Å². The minimum absolute atomic E-state index is 0.0544. The fourth-order valence-electron chi connectivity index (χ4n) is 3.16. The maximum absolute atomic E-state index is 10.7. The van der Waals surface area contributed by atoms with Gasteiger partial charge in [-0.05, 0) is 19.3 Å². The molecule has 0 saturated carbocycles. The quantitative estimate of drug-likeness (QED) is 0.232. The number of rotatable bonds is 20. The lowest BCUT2D eigenvalue weighted by Gasteiger charge is -2.22. The zero-order chi connectivity index (χ0) is 20.3. The van der Waals surface area contributed by atoms with Gasteiger partial charge in [-0.2, -0.15) is 11.8 Å². The first-order chi connectivity index (χ1) is 13.0.